The topological polar surface area (TPSA) is 94.8 Å². The molecule has 0 amide bonds. The Hall–Kier alpha value is -5.18. The number of fused-ring (bicyclic) bond motifs is 3. The van der Waals surface area contributed by atoms with Gasteiger partial charge in [0, 0.05) is 45.2 Å². The summed E-state index contributed by atoms with van der Waals surface area (Å²) in [5.41, 5.74) is 1.90. The van der Waals surface area contributed by atoms with Gasteiger partial charge in [0.2, 0.25) is 0 Å². The van der Waals surface area contributed by atoms with Gasteiger partial charge in [0.05, 0.1) is 42.7 Å². The van der Waals surface area contributed by atoms with E-state index in [0.717, 1.165) is 38.8 Å². The van der Waals surface area contributed by atoms with Crippen molar-refractivity contribution in [3.63, 3.8) is 0 Å². The molecule has 0 aliphatic rings. The zero-order chi connectivity index (χ0) is 34.4. The number of benzene rings is 3. The lowest BCUT2D eigenvalue weighted by molar-refractivity contribution is 0.260. The minimum absolute atomic E-state index is 0.447. The summed E-state index contributed by atoms with van der Waals surface area (Å²) >= 11 is 0. The van der Waals surface area contributed by atoms with Crippen LogP contribution < -0.4 is 28.4 Å². The predicted molar refractivity (Wildman–Crippen MR) is 187 cm³/mol. The van der Waals surface area contributed by atoms with E-state index < -0.39 is 10.8 Å². The van der Waals surface area contributed by atoms with Crippen molar-refractivity contribution in [1.29, 1.82) is 0 Å². The second-order valence-corrected chi connectivity index (χ2v) is 13.0. The molecule has 0 aliphatic heterocycles. The molecule has 0 N–H and O–H groups in total. The van der Waals surface area contributed by atoms with Crippen LogP contribution in [0.2, 0.25) is 0 Å². The minimum atomic E-state index is -0.567. The molecule has 1 atom stereocenters. The van der Waals surface area contributed by atoms with E-state index in [-0.39, 0.29) is 0 Å². The molecular formula is C39H42O9. The fourth-order valence-corrected chi connectivity index (χ4v) is 6.76. The van der Waals surface area contributed by atoms with E-state index in [2.05, 4.69) is 39.5 Å². The van der Waals surface area contributed by atoms with Gasteiger partial charge in [-0.05, 0) is 54.8 Å². The first-order valence-corrected chi connectivity index (χ1v) is 15.6. The molecule has 0 aliphatic carbocycles. The lowest BCUT2D eigenvalue weighted by atomic mass is 9.68. The summed E-state index contributed by atoms with van der Waals surface area (Å²) in [4.78, 5) is 0. The molecule has 0 radical (unpaired) electrons. The Balaban J connectivity index is 1.43. The molecule has 3 aromatic heterocycles. The maximum absolute atomic E-state index is 6.63. The van der Waals surface area contributed by atoms with E-state index in [0.29, 0.717) is 64.3 Å². The lowest BCUT2D eigenvalue weighted by Gasteiger charge is -2.35. The van der Waals surface area contributed by atoms with Gasteiger partial charge in [0.25, 0.3) is 0 Å². The summed E-state index contributed by atoms with van der Waals surface area (Å²) in [5.74, 6) is 5.99. The Morgan fingerprint density at radius 2 is 0.896 bits per heavy atom. The van der Waals surface area contributed by atoms with Gasteiger partial charge >= 0.3 is 0 Å². The summed E-state index contributed by atoms with van der Waals surface area (Å²) in [5, 5.41) is 2.72. The molecule has 9 nitrogen and oxygen atoms in total. The van der Waals surface area contributed by atoms with Gasteiger partial charge in [-0.3, -0.25) is 0 Å². The number of hydrogen-bond donors (Lipinski definition) is 0. The van der Waals surface area contributed by atoms with Gasteiger partial charge in [0.1, 0.15) is 34.0 Å². The predicted octanol–water partition coefficient (Wildman–Crippen LogP) is 9.71. The van der Waals surface area contributed by atoms with E-state index in [1.54, 1.807) is 42.7 Å². The molecule has 48 heavy (non-hydrogen) atoms. The molecule has 1 unspecified atom stereocenters. The van der Waals surface area contributed by atoms with E-state index >= 15 is 0 Å². The van der Waals surface area contributed by atoms with Crippen molar-refractivity contribution in [2.75, 3.05) is 42.7 Å². The van der Waals surface area contributed by atoms with Gasteiger partial charge < -0.3 is 41.7 Å². The number of furan rings is 3. The molecule has 6 aromatic rings. The fourth-order valence-electron chi connectivity index (χ4n) is 6.76. The number of allylic oxidation sites excluding steroid dienone is 1. The SMILES string of the molecule is C=C(CC(C)(CC(C)(C)c1cc2cc(OC)c(OC)cc2o1)c1cc2cc(OC)c(OC)cc2o1)c1cc2cc(OC)c(OC)cc2o1. The van der Waals surface area contributed by atoms with Crippen LogP contribution in [0.4, 0.5) is 0 Å². The minimum Gasteiger partial charge on any atom is -0.493 e. The third kappa shape index (κ3) is 5.78. The summed E-state index contributed by atoms with van der Waals surface area (Å²) in [6, 6.07) is 17.5. The number of rotatable bonds is 13. The van der Waals surface area contributed by atoms with Crippen LogP contribution in [0.1, 0.15) is 50.9 Å². The molecular weight excluding hydrogens is 612 g/mol. The van der Waals surface area contributed by atoms with Gasteiger partial charge in [0.15, 0.2) is 34.5 Å². The smallest absolute Gasteiger partial charge is 0.164 e. The Morgan fingerprint density at radius 3 is 1.35 bits per heavy atom. The van der Waals surface area contributed by atoms with Gasteiger partial charge in [-0.15, -0.1) is 0 Å². The van der Waals surface area contributed by atoms with Crippen molar-refractivity contribution in [3.8, 4) is 34.5 Å². The summed E-state index contributed by atoms with van der Waals surface area (Å²) in [6.07, 6.45) is 1.17. The lowest BCUT2D eigenvalue weighted by Crippen LogP contribution is -2.32. The van der Waals surface area contributed by atoms with Crippen LogP contribution in [-0.2, 0) is 10.8 Å². The molecule has 0 saturated carbocycles. The fraction of sp³-hybridized carbons (Fsp3) is 0.333. The van der Waals surface area contributed by atoms with Gasteiger partial charge in [-0.2, -0.15) is 0 Å². The Kier molecular flexibility index (Phi) is 8.49. The van der Waals surface area contributed by atoms with Crippen molar-refractivity contribution in [1.82, 2.24) is 0 Å². The first-order valence-electron chi connectivity index (χ1n) is 15.6. The van der Waals surface area contributed by atoms with Crippen LogP contribution in [0.15, 0.2) is 74.4 Å². The second-order valence-electron chi connectivity index (χ2n) is 13.0. The van der Waals surface area contributed by atoms with Crippen LogP contribution in [0.3, 0.4) is 0 Å². The molecule has 0 saturated heterocycles. The average Bonchev–Trinajstić information content (AvgIpc) is 3.82. The normalized spacial score (nSPS) is 13.1. The van der Waals surface area contributed by atoms with Crippen LogP contribution in [-0.4, -0.2) is 42.7 Å². The van der Waals surface area contributed by atoms with Crippen LogP contribution >= 0.6 is 0 Å². The quantitative estimate of drug-likeness (QED) is 0.121. The van der Waals surface area contributed by atoms with Crippen LogP contribution in [0.5, 0.6) is 34.5 Å². The monoisotopic (exact) mass is 654 g/mol. The van der Waals surface area contributed by atoms with E-state index in [4.69, 9.17) is 41.7 Å². The molecule has 252 valence electrons. The largest absolute Gasteiger partial charge is 0.493 e. The van der Waals surface area contributed by atoms with Crippen molar-refractivity contribution in [2.24, 2.45) is 0 Å². The molecule has 9 heteroatoms. The first kappa shape index (κ1) is 32.7. The third-order valence-corrected chi connectivity index (χ3v) is 9.11. The molecule has 0 spiro atoms. The zero-order valence-corrected chi connectivity index (χ0v) is 29.0. The van der Waals surface area contributed by atoms with E-state index in [9.17, 15) is 0 Å². The van der Waals surface area contributed by atoms with Gasteiger partial charge in [-0.1, -0.05) is 27.4 Å². The first-order chi connectivity index (χ1) is 22.9. The molecule has 3 heterocycles. The van der Waals surface area contributed by atoms with E-state index in [1.807, 2.05) is 42.5 Å². The molecule has 3 aromatic carbocycles. The third-order valence-electron chi connectivity index (χ3n) is 9.11. The highest BCUT2D eigenvalue weighted by atomic mass is 16.5. The van der Waals surface area contributed by atoms with Crippen LogP contribution in [0.25, 0.3) is 38.5 Å². The summed E-state index contributed by atoms with van der Waals surface area (Å²) in [7, 11) is 9.70. The zero-order valence-electron chi connectivity index (χ0n) is 29.0. The van der Waals surface area contributed by atoms with Crippen molar-refractivity contribution in [2.45, 2.75) is 44.4 Å². The second kappa shape index (κ2) is 12.4. The molecule has 6 rings (SSSR count). The van der Waals surface area contributed by atoms with Crippen molar-refractivity contribution >= 4 is 38.5 Å². The van der Waals surface area contributed by atoms with E-state index in [1.165, 1.54) is 0 Å². The highest BCUT2D eigenvalue weighted by Crippen LogP contribution is 2.48. The highest BCUT2D eigenvalue weighted by molar-refractivity contribution is 5.86. The van der Waals surface area contributed by atoms with Crippen molar-refractivity contribution < 1.29 is 41.7 Å². The van der Waals surface area contributed by atoms with Gasteiger partial charge in [-0.25, -0.2) is 0 Å². The molecule has 0 bridgehead atoms. The summed E-state index contributed by atoms with van der Waals surface area (Å²) in [6.45, 7) is 11.1. The van der Waals surface area contributed by atoms with Crippen molar-refractivity contribution in [3.05, 3.63) is 78.5 Å². The standard InChI is InChI=1S/C39H42O9/c1-22(26-11-23-12-30(40-5)33(43-8)17-27(23)46-26)20-39(4,37-16-25-14-32(42-7)35(45-10)19-29(25)48-37)21-38(2,3)36-15-24-13-31(41-6)34(44-9)18-28(24)47-36/h11-19H,1,20-21H2,2-10H3. The average molecular weight is 655 g/mol. The number of ether oxygens (including phenoxy) is 6. The number of hydrogen-bond acceptors (Lipinski definition) is 9. The Bertz CT molecular complexity index is 2000. The maximum atomic E-state index is 6.63. The maximum Gasteiger partial charge on any atom is 0.164 e. The van der Waals surface area contributed by atoms with Crippen LogP contribution in [0, 0.1) is 0 Å². The Labute approximate surface area is 279 Å². The number of methoxy groups -OCH3 is 6. The summed E-state index contributed by atoms with van der Waals surface area (Å²) < 4.78 is 52.7. The molecule has 0 fully saturated rings. The highest BCUT2D eigenvalue weighted by Gasteiger charge is 2.40. The Morgan fingerprint density at radius 1 is 0.521 bits per heavy atom.